The van der Waals surface area contributed by atoms with Crippen LogP contribution in [0, 0.1) is 5.82 Å². The second-order valence-corrected chi connectivity index (χ2v) is 8.08. The van der Waals surface area contributed by atoms with Crippen LogP contribution in [0.25, 0.3) is 10.9 Å². The van der Waals surface area contributed by atoms with E-state index >= 15 is 0 Å². The first kappa shape index (κ1) is 18.1. The van der Waals surface area contributed by atoms with Crippen LogP contribution in [0.5, 0.6) is 0 Å². The average molecular weight is 384 g/mol. The minimum Gasteiger partial charge on any atom is -0.387 e. The van der Waals surface area contributed by atoms with Gasteiger partial charge in [0.05, 0.1) is 12.1 Å². The highest BCUT2D eigenvalue weighted by Crippen LogP contribution is 2.27. The average Bonchev–Trinajstić information content (AvgIpc) is 3.26. The summed E-state index contributed by atoms with van der Waals surface area (Å²) in [6, 6.07) is 16.1. The molecule has 0 spiro atoms. The lowest BCUT2D eigenvalue weighted by atomic mass is 10.0. The van der Waals surface area contributed by atoms with Crippen LogP contribution >= 0.6 is 11.8 Å². The van der Waals surface area contributed by atoms with E-state index in [9.17, 15) is 14.3 Å². The summed E-state index contributed by atoms with van der Waals surface area (Å²) in [6.07, 6.45) is 0.677. The smallest absolute Gasteiger partial charge is 0.268 e. The molecular weight excluding hydrogens is 363 g/mol. The van der Waals surface area contributed by atoms with Gasteiger partial charge in [0, 0.05) is 28.8 Å². The van der Waals surface area contributed by atoms with Crippen molar-refractivity contribution < 1.29 is 14.3 Å². The van der Waals surface area contributed by atoms with Gasteiger partial charge in [-0.3, -0.25) is 4.79 Å². The van der Waals surface area contributed by atoms with Crippen LogP contribution < -0.4 is 5.32 Å². The molecule has 4 nitrogen and oxygen atoms in total. The van der Waals surface area contributed by atoms with Gasteiger partial charge in [-0.1, -0.05) is 36.4 Å². The Morgan fingerprint density at radius 3 is 2.78 bits per heavy atom. The number of benzene rings is 2. The van der Waals surface area contributed by atoms with Crippen LogP contribution in [-0.4, -0.2) is 39.2 Å². The zero-order valence-corrected chi connectivity index (χ0v) is 15.6. The Labute approximate surface area is 161 Å². The monoisotopic (exact) mass is 384 g/mol. The molecule has 140 valence electrons. The molecule has 2 aromatic carbocycles. The SMILES string of the molecule is O=C(NCC1(O)CCSC1)c1cc2ccccc2n1Cc1ccccc1F. The summed E-state index contributed by atoms with van der Waals surface area (Å²) < 4.78 is 16.0. The molecule has 4 rings (SSSR count). The molecule has 6 heteroatoms. The Bertz CT molecular complexity index is 979. The molecule has 1 aliphatic rings. The number of carbonyl (C=O) groups is 1. The molecule has 1 aliphatic heterocycles. The van der Waals surface area contributed by atoms with Crippen LogP contribution in [0.3, 0.4) is 0 Å². The number of thioether (sulfide) groups is 1. The number of rotatable bonds is 5. The number of hydrogen-bond donors (Lipinski definition) is 2. The van der Waals surface area contributed by atoms with E-state index in [1.807, 2.05) is 34.9 Å². The number of para-hydroxylation sites is 1. The van der Waals surface area contributed by atoms with E-state index < -0.39 is 5.60 Å². The quantitative estimate of drug-likeness (QED) is 0.709. The van der Waals surface area contributed by atoms with Crippen molar-refractivity contribution in [1.29, 1.82) is 0 Å². The molecule has 1 fully saturated rings. The molecule has 0 radical (unpaired) electrons. The third kappa shape index (κ3) is 3.73. The van der Waals surface area contributed by atoms with Gasteiger partial charge in [-0.25, -0.2) is 4.39 Å². The number of amides is 1. The Kier molecular flexibility index (Phi) is 4.93. The van der Waals surface area contributed by atoms with Crippen LogP contribution in [-0.2, 0) is 6.54 Å². The van der Waals surface area contributed by atoms with Crippen LogP contribution in [0.4, 0.5) is 4.39 Å². The maximum atomic E-state index is 14.2. The van der Waals surface area contributed by atoms with Crippen molar-refractivity contribution in [3.63, 3.8) is 0 Å². The zero-order valence-electron chi connectivity index (χ0n) is 14.8. The van der Waals surface area contributed by atoms with E-state index in [-0.39, 0.29) is 24.8 Å². The number of nitrogens with one attached hydrogen (secondary N) is 1. The fraction of sp³-hybridized carbons (Fsp3) is 0.286. The van der Waals surface area contributed by atoms with E-state index in [2.05, 4.69) is 5.32 Å². The van der Waals surface area contributed by atoms with Crippen molar-refractivity contribution in [2.45, 2.75) is 18.6 Å². The number of aromatic nitrogens is 1. The fourth-order valence-electron chi connectivity index (χ4n) is 3.44. The van der Waals surface area contributed by atoms with Gasteiger partial charge in [-0.05, 0) is 30.4 Å². The number of halogens is 1. The largest absolute Gasteiger partial charge is 0.387 e. The molecule has 1 atom stereocenters. The van der Waals surface area contributed by atoms with Crippen LogP contribution in [0.2, 0.25) is 0 Å². The van der Waals surface area contributed by atoms with Gasteiger partial charge in [-0.2, -0.15) is 11.8 Å². The van der Waals surface area contributed by atoms with E-state index in [4.69, 9.17) is 0 Å². The number of carbonyl (C=O) groups excluding carboxylic acids is 1. The number of nitrogens with zero attached hydrogens (tertiary/aromatic N) is 1. The zero-order chi connectivity index (χ0) is 18.9. The van der Waals surface area contributed by atoms with Gasteiger partial charge in [0.25, 0.3) is 5.91 Å². The van der Waals surface area contributed by atoms with Crippen molar-refractivity contribution >= 4 is 28.6 Å². The third-order valence-electron chi connectivity index (χ3n) is 4.99. The summed E-state index contributed by atoms with van der Waals surface area (Å²) >= 11 is 1.69. The maximum Gasteiger partial charge on any atom is 0.268 e. The van der Waals surface area contributed by atoms with Gasteiger partial charge in [0.15, 0.2) is 0 Å². The molecule has 27 heavy (non-hydrogen) atoms. The van der Waals surface area contributed by atoms with Gasteiger partial charge in [0.1, 0.15) is 11.5 Å². The molecule has 2 N–H and O–H groups in total. The van der Waals surface area contributed by atoms with Crippen LogP contribution in [0.1, 0.15) is 22.5 Å². The minimum atomic E-state index is -0.845. The highest BCUT2D eigenvalue weighted by atomic mass is 32.2. The van der Waals surface area contributed by atoms with E-state index in [0.29, 0.717) is 23.4 Å². The minimum absolute atomic E-state index is 0.222. The number of fused-ring (bicyclic) bond motifs is 1. The lowest BCUT2D eigenvalue weighted by Gasteiger charge is -2.21. The predicted octanol–water partition coefficient (Wildman–Crippen LogP) is 3.43. The van der Waals surface area contributed by atoms with Gasteiger partial charge in [0.2, 0.25) is 0 Å². The van der Waals surface area contributed by atoms with E-state index in [1.165, 1.54) is 6.07 Å². The molecule has 0 bridgehead atoms. The first-order chi connectivity index (χ1) is 13.1. The Balaban J connectivity index is 1.65. The number of hydrogen-bond acceptors (Lipinski definition) is 3. The second-order valence-electron chi connectivity index (χ2n) is 6.98. The molecule has 1 unspecified atom stereocenters. The molecule has 3 aromatic rings. The van der Waals surface area contributed by atoms with Gasteiger partial charge in [-0.15, -0.1) is 0 Å². The molecule has 0 aliphatic carbocycles. The summed E-state index contributed by atoms with van der Waals surface area (Å²) in [5, 5.41) is 14.3. The molecule has 1 saturated heterocycles. The van der Waals surface area contributed by atoms with E-state index in [1.54, 1.807) is 30.0 Å². The predicted molar refractivity (Wildman–Crippen MR) is 107 cm³/mol. The topological polar surface area (TPSA) is 54.3 Å². The Morgan fingerprint density at radius 1 is 1.22 bits per heavy atom. The summed E-state index contributed by atoms with van der Waals surface area (Å²) in [4.78, 5) is 12.9. The summed E-state index contributed by atoms with van der Waals surface area (Å²) in [5.41, 5.74) is 1.02. The second kappa shape index (κ2) is 7.37. The lowest BCUT2D eigenvalue weighted by Crippen LogP contribution is -2.43. The molecule has 1 aromatic heterocycles. The molecule has 1 amide bonds. The first-order valence-corrected chi connectivity index (χ1v) is 10.1. The Hall–Kier alpha value is -2.31. The first-order valence-electron chi connectivity index (χ1n) is 8.96. The summed E-state index contributed by atoms with van der Waals surface area (Å²) in [6.45, 7) is 0.489. The highest BCUT2D eigenvalue weighted by Gasteiger charge is 2.32. The van der Waals surface area contributed by atoms with Crippen LogP contribution in [0.15, 0.2) is 54.6 Å². The van der Waals surface area contributed by atoms with Crippen molar-refractivity contribution in [2.75, 3.05) is 18.1 Å². The Morgan fingerprint density at radius 2 is 2.00 bits per heavy atom. The van der Waals surface area contributed by atoms with Gasteiger partial charge < -0.3 is 15.0 Å². The van der Waals surface area contributed by atoms with Crippen molar-refractivity contribution in [2.24, 2.45) is 0 Å². The van der Waals surface area contributed by atoms with E-state index in [0.717, 1.165) is 16.7 Å². The molecule has 0 saturated carbocycles. The lowest BCUT2D eigenvalue weighted by molar-refractivity contribution is 0.0609. The summed E-state index contributed by atoms with van der Waals surface area (Å²) in [7, 11) is 0. The van der Waals surface area contributed by atoms with Crippen molar-refractivity contribution in [3.05, 3.63) is 71.7 Å². The van der Waals surface area contributed by atoms with Gasteiger partial charge >= 0.3 is 0 Å². The van der Waals surface area contributed by atoms with Crippen molar-refractivity contribution in [1.82, 2.24) is 9.88 Å². The fourth-order valence-corrected chi connectivity index (χ4v) is 4.73. The highest BCUT2D eigenvalue weighted by molar-refractivity contribution is 7.99. The summed E-state index contributed by atoms with van der Waals surface area (Å²) in [5.74, 6) is 0.984. The molecule has 2 heterocycles. The molecular formula is C21H21FN2O2S. The maximum absolute atomic E-state index is 14.2. The number of aliphatic hydroxyl groups is 1. The van der Waals surface area contributed by atoms with Crippen molar-refractivity contribution in [3.8, 4) is 0 Å². The normalized spacial score (nSPS) is 19.5. The standard InChI is InChI=1S/C21H21FN2O2S/c22-17-7-3-1-6-16(17)12-24-18-8-4-2-5-15(18)11-19(24)20(25)23-13-21(26)9-10-27-14-21/h1-8,11,26H,9-10,12-14H2,(H,23,25). The third-order valence-corrected chi connectivity index (χ3v) is 6.22.